The summed E-state index contributed by atoms with van der Waals surface area (Å²) in [5.41, 5.74) is 5.98. The Morgan fingerprint density at radius 3 is 2.39 bits per heavy atom. The smallest absolute Gasteiger partial charge is 0.407 e. The van der Waals surface area contributed by atoms with Gasteiger partial charge in [0.25, 0.3) is 0 Å². The van der Waals surface area contributed by atoms with Gasteiger partial charge in [-0.25, -0.2) is 4.79 Å². The summed E-state index contributed by atoms with van der Waals surface area (Å²) < 4.78 is 5.35. The van der Waals surface area contributed by atoms with E-state index in [-0.39, 0.29) is 23.6 Å². The summed E-state index contributed by atoms with van der Waals surface area (Å²) in [4.78, 5) is 11.9. The second kappa shape index (κ2) is 4.72. The highest BCUT2D eigenvalue weighted by molar-refractivity contribution is 5.68. The third kappa shape index (κ3) is 2.63. The third-order valence-corrected chi connectivity index (χ3v) is 4.42. The molecule has 18 heavy (non-hydrogen) atoms. The summed E-state index contributed by atoms with van der Waals surface area (Å²) in [7, 11) is 0. The molecule has 0 aromatic rings. The van der Waals surface area contributed by atoms with Gasteiger partial charge in [0.15, 0.2) is 0 Å². The van der Waals surface area contributed by atoms with Crippen molar-refractivity contribution in [1.82, 2.24) is 5.32 Å². The molecule has 0 heterocycles. The maximum atomic E-state index is 11.9. The third-order valence-electron chi connectivity index (χ3n) is 4.42. The van der Waals surface area contributed by atoms with Crippen molar-refractivity contribution < 1.29 is 9.53 Å². The molecular weight excluding hydrogens is 228 g/mol. The van der Waals surface area contributed by atoms with Gasteiger partial charge in [-0.2, -0.15) is 0 Å². The molecule has 3 atom stereocenters. The molecule has 0 aromatic carbocycles. The average Bonchev–Trinajstić information content (AvgIpc) is 2.75. The molecule has 1 spiro atoms. The van der Waals surface area contributed by atoms with Crippen LogP contribution in [0.5, 0.6) is 0 Å². The molecule has 4 nitrogen and oxygen atoms in total. The fourth-order valence-electron chi connectivity index (χ4n) is 3.63. The highest BCUT2D eigenvalue weighted by Crippen LogP contribution is 2.49. The Labute approximate surface area is 110 Å². The number of carbonyl (C=O) groups excluding carboxylic acids is 1. The molecule has 2 aliphatic carbocycles. The van der Waals surface area contributed by atoms with E-state index in [0.717, 1.165) is 32.1 Å². The molecule has 0 aromatic heterocycles. The molecule has 0 saturated heterocycles. The highest BCUT2D eigenvalue weighted by atomic mass is 16.6. The van der Waals surface area contributed by atoms with Gasteiger partial charge < -0.3 is 15.8 Å². The van der Waals surface area contributed by atoms with Gasteiger partial charge in [-0.3, -0.25) is 0 Å². The number of nitrogens with two attached hydrogens (primary N) is 1. The van der Waals surface area contributed by atoms with Gasteiger partial charge in [0.05, 0.1) is 0 Å². The van der Waals surface area contributed by atoms with Crippen LogP contribution >= 0.6 is 0 Å². The van der Waals surface area contributed by atoms with Crippen LogP contribution in [0, 0.1) is 5.41 Å². The van der Waals surface area contributed by atoms with Gasteiger partial charge in [0, 0.05) is 17.5 Å². The lowest BCUT2D eigenvalue weighted by molar-refractivity contribution is 0.0454. The number of hydrogen-bond acceptors (Lipinski definition) is 3. The van der Waals surface area contributed by atoms with E-state index in [1.54, 1.807) is 0 Å². The molecule has 1 amide bonds. The number of hydrogen-bond donors (Lipinski definition) is 2. The van der Waals surface area contributed by atoms with Gasteiger partial charge >= 0.3 is 6.09 Å². The summed E-state index contributed by atoms with van der Waals surface area (Å²) in [5.74, 6) is 0. The number of nitrogens with one attached hydrogen (secondary N) is 1. The lowest BCUT2D eigenvalue weighted by atomic mass is 9.78. The summed E-state index contributed by atoms with van der Waals surface area (Å²) >= 11 is 0. The van der Waals surface area contributed by atoms with E-state index in [2.05, 4.69) is 5.32 Å². The molecule has 4 heteroatoms. The zero-order valence-corrected chi connectivity index (χ0v) is 11.8. The fourth-order valence-corrected chi connectivity index (χ4v) is 3.63. The molecular formula is C14H26N2O2. The van der Waals surface area contributed by atoms with Crippen LogP contribution in [0.25, 0.3) is 0 Å². The van der Waals surface area contributed by atoms with Crippen molar-refractivity contribution in [3.63, 3.8) is 0 Å². The Morgan fingerprint density at radius 2 is 1.89 bits per heavy atom. The second-order valence-electron chi connectivity index (χ2n) is 6.82. The normalized spacial score (nSPS) is 36.0. The number of alkyl carbamates (subject to hydrolysis) is 1. The molecule has 0 bridgehead atoms. The van der Waals surface area contributed by atoms with E-state index in [4.69, 9.17) is 10.5 Å². The van der Waals surface area contributed by atoms with Crippen LogP contribution in [0.2, 0.25) is 0 Å². The van der Waals surface area contributed by atoms with E-state index in [1.165, 1.54) is 6.42 Å². The van der Waals surface area contributed by atoms with Crippen LogP contribution in [-0.4, -0.2) is 23.8 Å². The maximum Gasteiger partial charge on any atom is 0.407 e. The van der Waals surface area contributed by atoms with Crippen LogP contribution in [0.15, 0.2) is 0 Å². The first-order chi connectivity index (χ1) is 8.33. The van der Waals surface area contributed by atoms with Crippen molar-refractivity contribution >= 4 is 6.09 Å². The number of carbonyl (C=O) groups is 1. The van der Waals surface area contributed by atoms with Crippen molar-refractivity contribution in [1.29, 1.82) is 0 Å². The minimum absolute atomic E-state index is 0.136. The van der Waals surface area contributed by atoms with E-state index < -0.39 is 5.60 Å². The van der Waals surface area contributed by atoms with Crippen molar-refractivity contribution in [2.24, 2.45) is 11.1 Å². The Balaban J connectivity index is 1.98. The lowest BCUT2D eigenvalue weighted by Gasteiger charge is -2.36. The molecule has 2 rings (SSSR count). The molecule has 0 radical (unpaired) electrons. The number of amides is 1. The molecule has 2 aliphatic rings. The van der Waals surface area contributed by atoms with E-state index in [0.29, 0.717) is 0 Å². The van der Waals surface area contributed by atoms with E-state index >= 15 is 0 Å². The van der Waals surface area contributed by atoms with Crippen LogP contribution in [-0.2, 0) is 4.74 Å². The van der Waals surface area contributed by atoms with Gasteiger partial charge in [0.2, 0.25) is 0 Å². The summed E-state index contributed by atoms with van der Waals surface area (Å²) in [6.45, 7) is 5.66. The zero-order valence-electron chi connectivity index (χ0n) is 11.8. The monoisotopic (exact) mass is 254 g/mol. The SMILES string of the molecule is CC(C)(C)OC(=O)N[C@@H]1CCC[C@@]12CCC[C@H]2N. The van der Waals surface area contributed by atoms with Crippen molar-refractivity contribution in [2.75, 3.05) is 0 Å². The zero-order chi connectivity index (χ0) is 13.4. The van der Waals surface area contributed by atoms with Crippen molar-refractivity contribution in [2.45, 2.75) is 77.0 Å². The molecule has 2 saturated carbocycles. The predicted octanol–water partition coefficient (Wildman–Crippen LogP) is 2.56. The maximum absolute atomic E-state index is 11.9. The average molecular weight is 254 g/mol. The fraction of sp³-hybridized carbons (Fsp3) is 0.929. The van der Waals surface area contributed by atoms with Crippen LogP contribution < -0.4 is 11.1 Å². The highest BCUT2D eigenvalue weighted by Gasteiger charge is 2.50. The van der Waals surface area contributed by atoms with Crippen molar-refractivity contribution in [3.05, 3.63) is 0 Å². The lowest BCUT2D eigenvalue weighted by Crippen LogP contribution is -2.51. The van der Waals surface area contributed by atoms with Gasteiger partial charge in [0.1, 0.15) is 5.60 Å². The molecule has 0 aliphatic heterocycles. The Hall–Kier alpha value is -0.770. The molecule has 3 N–H and O–H groups in total. The summed E-state index contributed by atoms with van der Waals surface area (Å²) in [5, 5.41) is 3.06. The Bertz CT molecular complexity index is 320. The van der Waals surface area contributed by atoms with Crippen molar-refractivity contribution in [3.8, 4) is 0 Å². The van der Waals surface area contributed by atoms with Crippen LogP contribution in [0.1, 0.15) is 59.3 Å². The quantitative estimate of drug-likeness (QED) is 0.756. The molecule has 104 valence electrons. The van der Waals surface area contributed by atoms with Crippen LogP contribution in [0.4, 0.5) is 4.79 Å². The summed E-state index contributed by atoms with van der Waals surface area (Å²) in [6, 6.07) is 0.435. The van der Waals surface area contributed by atoms with Gasteiger partial charge in [-0.15, -0.1) is 0 Å². The standard InChI is InChI=1S/C14H26N2O2/c1-13(2,3)18-12(17)16-11-7-5-9-14(11)8-4-6-10(14)15/h10-11H,4-9,15H2,1-3H3,(H,16,17)/t10-,11-,14-/m1/s1. The number of rotatable bonds is 1. The molecule has 2 fully saturated rings. The first-order valence-electron chi connectivity index (χ1n) is 7.09. The van der Waals surface area contributed by atoms with E-state index in [1.807, 2.05) is 20.8 Å². The topological polar surface area (TPSA) is 64.3 Å². The van der Waals surface area contributed by atoms with Gasteiger partial charge in [-0.05, 0) is 46.5 Å². The van der Waals surface area contributed by atoms with Crippen LogP contribution in [0.3, 0.4) is 0 Å². The largest absolute Gasteiger partial charge is 0.444 e. The van der Waals surface area contributed by atoms with Gasteiger partial charge in [-0.1, -0.05) is 12.8 Å². The van der Waals surface area contributed by atoms with E-state index in [9.17, 15) is 4.79 Å². The Morgan fingerprint density at radius 1 is 1.28 bits per heavy atom. The minimum atomic E-state index is -0.437. The molecule has 0 unspecified atom stereocenters. The number of ether oxygens (including phenoxy) is 1. The second-order valence-corrected chi connectivity index (χ2v) is 6.82. The summed E-state index contributed by atoms with van der Waals surface area (Å²) in [6.07, 6.45) is 6.47. The first-order valence-corrected chi connectivity index (χ1v) is 7.09. The minimum Gasteiger partial charge on any atom is -0.444 e. The first kappa shape index (κ1) is 13.7. The Kier molecular flexibility index (Phi) is 3.58. The predicted molar refractivity (Wildman–Crippen MR) is 71.3 cm³/mol.